The average molecular weight is 300 g/mol. The number of hydrogen-bond donors (Lipinski definition) is 0. The van der Waals surface area contributed by atoms with E-state index in [2.05, 4.69) is 37.9 Å². The Morgan fingerprint density at radius 2 is 1.86 bits per heavy atom. The summed E-state index contributed by atoms with van der Waals surface area (Å²) in [6, 6.07) is 4.34. The Morgan fingerprint density at radius 3 is 2.52 bits per heavy atom. The number of imidazole rings is 1. The van der Waals surface area contributed by atoms with Crippen LogP contribution in [-0.2, 0) is 4.74 Å². The maximum Gasteiger partial charge on any atom is 0.349 e. The molecule has 0 atom stereocenters. The van der Waals surface area contributed by atoms with Crippen LogP contribution < -0.4 is 0 Å². The lowest BCUT2D eigenvalue weighted by Crippen LogP contribution is -1.97. The maximum atomic E-state index is 11.5. The number of rotatable bonds is 2. The molecule has 21 heavy (non-hydrogen) atoms. The second-order valence-electron chi connectivity index (χ2n) is 5.15. The van der Waals surface area contributed by atoms with Gasteiger partial charge in [0.1, 0.15) is 4.88 Å². The summed E-state index contributed by atoms with van der Waals surface area (Å²) in [5.74, 6) is -0.325. The van der Waals surface area contributed by atoms with Gasteiger partial charge in [0.2, 0.25) is 0 Å². The zero-order valence-corrected chi connectivity index (χ0v) is 13.2. The number of esters is 1. The molecule has 0 fully saturated rings. The molecule has 2 aromatic heterocycles. The monoisotopic (exact) mass is 300 g/mol. The van der Waals surface area contributed by atoms with Crippen LogP contribution >= 0.6 is 11.3 Å². The van der Waals surface area contributed by atoms with Gasteiger partial charge >= 0.3 is 5.97 Å². The van der Waals surface area contributed by atoms with Crippen molar-refractivity contribution < 1.29 is 9.53 Å². The molecule has 0 amide bonds. The molecule has 3 rings (SSSR count). The van der Waals surface area contributed by atoms with Crippen LogP contribution in [0.1, 0.15) is 26.4 Å². The van der Waals surface area contributed by atoms with Crippen molar-refractivity contribution in [3.05, 3.63) is 46.1 Å². The van der Waals surface area contributed by atoms with Gasteiger partial charge in [0.05, 0.1) is 12.8 Å². The van der Waals surface area contributed by atoms with Crippen molar-refractivity contribution in [1.29, 1.82) is 0 Å². The first-order valence-electron chi connectivity index (χ1n) is 6.64. The van der Waals surface area contributed by atoms with E-state index in [-0.39, 0.29) is 5.97 Å². The summed E-state index contributed by atoms with van der Waals surface area (Å²) in [4.78, 5) is 17.5. The van der Waals surface area contributed by atoms with Crippen LogP contribution in [0.25, 0.3) is 16.2 Å². The van der Waals surface area contributed by atoms with Gasteiger partial charge in [-0.15, -0.1) is 0 Å². The number of aromatic nitrogens is 2. The second-order valence-corrected chi connectivity index (χ2v) is 6.16. The summed E-state index contributed by atoms with van der Waals surface area (Å²) in [5.41, 5.74) is 5.80. The van der Waals surface area contributed by atoms with Crippen molar-refractivity contribution in [3.63, 3.8) is 0 Å². The number of nitrogens with zero attached hydrogens (tertiary/aromatic N) is 2. The number of benzene rings is 1. The summed E-state index contributed by atoms with van der Waals surface area (Å²) < 4.78 is 6.60. The molecule has 0 radical (unpaired) electrons. The van der Waals surface area contributed by atoms with Crippen molar-refractivity contribution in [1.82, 2.24) is 9.38 Å². The molecular weight excluding hydrogens is 284 g/mol. The maximum absolute atomic E-state index is 11.5. The van der Waals surface area contributed by atoms with Crippen LogP contribution in [0.5, 0.6) is 0 Å². The van der Waals surface area contributed by atoms with Crippen molar-refractivity contribution >= 4 is 22.3 Å². The van der Waals surface area contributed by atoms with Crippen molar-refractivity contribution in [3.8, 4) is 11.3 Å². The van der Waals surface area contributed by atoms with E-state index in [0.29, 0.717) is 4.88 Å². The van der Waals surface area contributed by atoms with E-state index in [0.717, 1.165) is 16.2 Å². The molecule has 0 aliphatic carbocycles. The van der Waals surface area contributed by atoms with Crippen LogP contribution in [0, 0.1) is 20.8 Å². The number of methoxy groups -OCH3 is 1. The highest BCUT2D eigenvalue weighted by Gasteiger charge is 2.14. The average Bonchev–Trinajstić information content (AvgIpc) is 3.00. The lowest BCUT2D eigenvalue weighted by Gasteiger charge is -2.07. The van der Waals surface area contributed by atoms with Gasteiger partial charge < -0.3 is 4.74 Å². The fourth-order valence-corrected chi connectivity index (χ4v) is 3.24. The quantitative estimate of drug-likeness (QED) is 0.677. The molecule has 0 bridgehead atoms. The van der Waals surface area contributed by atoms with Gasteiger partial charge in [0, 0.05) is 18.0 Å². The highest BCUT2D eigenvalue weighted by atomic mass is 32.1. The second kappa shape index (κ2) is 5.00. The van der Waals surface area contributed by atoms with Crippen LogP contribution in [0.2, 0.25) is 0 Å². The van der Waals surface area contributed by atoms with Crippen molar-refractivity contribution in [2.24, 2.45) is 0 Å². The first-order valence-corrected chi connectivity index (χ1v) is 7.46. The molecular formula is C16H16N2O2S. The van der Waals surface area contributed by atoms with Gasteiger partial charge in [-0.25, -0.2) is 9.78 Å². The Hall–Kier alpha value is -2.14. The normalized spacial score (nSPS) is 11.0. The van der Waals surface area contributed by atoms with Crippen LogP contribution in [0.4, 0.5) is 0 Å². The molecule has 108 valence electrons. The summed E-state index contributed by atoms with van der Waals surface area (Å²) >= 11 is 1.34. The Bertz CT molecular complexity index is 814. The third kappa shape index (κ3) is 2.34. The highest BCUT2D eigenvalue weighted by Crippen LogP contribution is 2.28. The van der Waals surface area contributed by atoms with Crippen molar-refractivity contribution in [2.45, 2.75) is 20.8 Å². The Balaban J connectivity index is 2.08. The molecule has 0 unspecified atom stereocenters. The molecule has 0 saturated heterocycles. The summed E-state index contributed by atoms with van der Waals surface area (Å²) in [6.45, 7) is 6.31. The van der Waals surface area contributed by atoms with Crippen LogP contribution in [0.15, 0.2) is 24.5 Å². The van der Waals surface area contributed by atoms with Crippen molar-refractivity contribution in [2.75, 3.05) is 7.11 Å². The smallest absolute Gasteiger partial charge is 0.349 e. The minimum atomic E-state index is -0.325. The predicted molar refractivity (Wildman–Crippen MR) is 84.1 cm³/mol. The molecule has 2 heterocycles. The van der Waals surface area contributed by atoms with Crippen LogP contribution in [-0.4, -0.2) is 22.5 Å². The largest absolute Gasteiger partial charge is 0.465 e. The number of fused-ring (bicyclic) bond motifs is 1. The fourth-order valence-electron chi connectivity index (χ4n) is 2.36. The van der Waals surface area contributed by atoms with Gasteiger partial charge in [0.15, 0.2) is 4.96 Å². The van der Waals surface area contributed by atoms with Crippen LogP contribution in [0.3, 0.4) is 0 Å². The molecule has 0 aliphatic rings. The van der Waals surface area contributed by atoms with Gasteiger partial charge in [0.25, 0.3) is 0 Å². The fraction of sp³-hybridized carbons (Fsp3) is 0.250. The number of thiazole rings is 1. The lowest BCUT2D eigenvalue weighted by atomic mass is 9.99. The number of ether oxygens (including phenoxy) is 1. The Morgan fingerprint density at radius 1 is 1.14 bits per heavy atom. The molecule has 3 aromatic rings. The number of carbonyl (C=O) groups is 1. The first-order chi connectivity index (χ1) is 9.99. The van der Waals surface area contributed by atoms with Gasteiger partial charge in [-0.3, -0.25) is 4.40 Å². The third-order valence-electron chi connectivity index (χ3n) is 3.66. The molecule has 4 nitrogen and oxygen atoms in total. The zero-order chi connectivity index (χ0) is 15.1. The van der Waals surface area contributed by atoms with E-state index in [1.165, 1.54) is 35.1 Å². The lowest BCUT2D eigenvalue weighted by molar-refractivity contribution is 0.0606. The molecule has 0 N–H and O–H groups in total. The zero-order valence-electron chi connectivity index (χ0n) is 12.4. The van der Waals surface area contributed by atoms with E-state index in [1.807, 2.05) is 10.6 Å². The molecule has 0 spiro atoms. The number of carbonyl (C=O) groups excluding carboxylic acids is 1. The molecule has 0 aliphatic heterocycles. The molecule has 5 heteroatoms. The minimum absolute atomic E-state index is 0.325. The van der Waals surface area contributed by atoms with E-state index >= 15 is 0 Å². The topological polar surface area (TPSA) is 43.6 Å². The van der Waals surface area contributed by atoms with E-state index in [4.69, 9.17) is 4.74 Å². The SMILES string of the molecule is COC(=O)c1cn2cc(-c3cc(C)c(C)cc3C)nc2s1. The predicted octanol–water partition coefficient (Wildman–Crippen LogP) is 3.77. The van der Waals surface area contributed by atoms with Gasteiger partial charge in [-0.1, -0.05) is 17.4 Å². The van der Waals surface area contributed by atoms with Gasteiger partial charge in [-0.2, -0.15) is 0 Å². The molecule has 1 aromatic carbocycles. The third-order valence-corrected chi connectivity index (χ3v) is 4.64. The summed E-state index contributed by atoms with van der Waals surface area (Å²) in [7, 11) is 1.38. The van der Waals surface area contributed by atoms with E-state index in [9.17, 15) is 4.79 Å². The standard InChI is InChI=1S/C16H16N2O2S/c1-9-5-11(3)12(6-10(9)2)13-7-18-8-14(15(19)20-4)21-16(18)17-13/h5-8H,1-4H3. The highest BCUT2D eigenvalue weighted by molar-refractivity contribution is 7.18. The Labute approximate surface area is 127 Å². The van der Waals surface area contributed by atoms with Gasteiger partial charge in [-0.05, 0) is 43.5 Å². The van der Waals surface area contributed by atoms with E-state index in [1.54, 1.807) is 6.20 Å². The summed E-state index contributed by atoms with van der Waals surface area (Å²) in [6.07, 6.45) is 3.72. The first kappa shape index (κ1) is 13.8. The minimum Gasteiger partial charge on any atom is -0.465 e. The Kier molecular flexibility index (Phi) is 3.29. The summed E-state index contributed by atoms with van der Waals surface area (Å²) in [5, 5.41) is 0. The number of aryl methyl sites for hydroxylation is 3. The number of hydrogen-bond acceptors (Lipinski definition) is 4. The molecule has 0 saturated carbocycles. The van der Waals surface area contributed by atoms with E-state index < -0.39 is 0 Å².